The number of hydrogen-bond donors (Lipinski definition) is 2. The number of benzene rings is 1. The van der Waals surface area contributed by atoms with Crippen LogP contribution in [0, 0.1) is 0 Å². The summed E-state index contributed by atoms with van der Waals surface area (Å²) < 4.78 is 34.5. The molecule has 1 aromatic carbocycles. The molecule has 0 unspecified atom stereocenters. The molecule has 11 heteroatoms. The molecule has 5 atom stereocenters. The molecule has 0 radical (unpaired) electrons. The topological polar surface area (TPSA) is 129 Å². The fourth-order valence-electron chi connectivity index (χ4n) is 3.67. The van der Waals surface area contributed by atoms with E-state index < -0.39 is 38.8 Å². The Labute approximate surface area is 231 Å². The highest BCUT2D eigenvalue weighted by Crippen LogP contribution is 2.41. The number of methoxy groups -OCH3 is 1. The molecule has 0 aliphatic heterocycles. The molecule has 0 bridgehead atoms. The Morgan fingerprint density at radius 1 is 1.05 bits per heavy atom. The van der Waals surface area contributed by atoms with Gasteiger partial charge in [-0.3, -0.25) is 0 Å². The van der Waals surface area contributed by atoms with E-state index in [-0.39, 0.29) is 24.1 Å². The number of ether oxygens (including phenoxy) is 3. The summed E-state index contributed by atoms with van der Waals surface area (Å²) in [6.45, 7) is 12.7. The normalized spacial score (nSPS) is 16.5. The average Bonchev–Trinajstić information content (AvgIpc) is 3.60. The maximum Gasteiger partial charge on any atom is 0.231 e. The maximum atomic E-state index is 11.1. The van der Waals surface area contributed by atoms with Gasteiger partial charge in [0.05, 0.1) is 31.1 Å². The van der Waals surface area contributed by atoms with Gasteiger partial charge in [-0.1, -0.05) is 51.1 Å². The molecule has 216 valence electrons. The zero-order valence-corrected chi connectivity index (χ0v) is 24.9. The molecule has 3 aromatic rings. The predicted octanol–water partition coefficient (Wildman–Crippen LogP) is 5.15. The summed E-state index contributed by atoms with van der Waals surface area (Å²) in [4.78, 5) is 8.61. The molecular formula is C28H42N2O8Si. The van der Waals surface area contributed by atoms with E-state index in [1.54, 1.807) is 6.92 Å². The number of hydrogen-bond acceptors (Lipinski definition) is 10. The molecule has 0 saturated heterocycles. The van der Waals surface area contributed by atoms with Gasteiger partial charge in [0.2, 0.25) is 5.89 Å². The molecule has 0 aliphatic carbocycles. The van der Waals surface area contributed by atoms with Gasteiger partial charge < -0.3 is 37.7 Å². The van der Waals surface area contributed by atoms with E-state index in [0.29, 0.717) is 18.1 Å². The molecular weight excluding hydrogens is 520 g/mol. The van der Waals surface area contributed by atoms with Crippen molar-refractivity contribution in [2.45, 2.75) is 89.4 Å². The number of oxazole rings is 2. The Morgan fingerprint density at radius 3 is 2.38 bits per heavy atom. The maximum absolute atomic E-state index is 11.1. The van der Waals surface area contributed by atoms with Crippen LogP contribution in [-0.2, 0) is 25.2 Å². The lowest BCUT2D eigenvalue weighted by Gasteiger charge is -2.39. The van der Waals surface area contributed by atoms with Crippen molar-refractivity contribution in [3.8, 4) is 0 Å². The van der Waals surface area contributed by atoms with Gasteiger partial charge in [0.1, 0.15) is 24.9 Å². The van der Waals surface area contributed by atoms with Gasteiger partial charge in [0.15, 0.2) is 26.6 Å². The van der Waals surface area contributed by atoms with Gasteiger partial charge in [-0.2, -0.15) is 0 Å². The highest BCUT2D eigenvalue weighted by Gasteiger charge is 2.41. The van der Waals surface area contributed by atoms with Crippen molar-refractivity contribution in [3.05, 3.63) is 72.1 Å². The van der Waals surface area contributed by atoms with Crippen molar-refractivity contribution in [2.24, 2.45) is 0 Å². The minimum absolute atomic E-state index is 0.0151. The molecule has 2 heterocycles. The molecule has 10 nitrogen and oxygen atoms in total. The van der Waals surface area contributed by atoms with Crippen LogP contribution in [0.2, 0.25) is 18.1 Å². The van der Waals surface area contributed by atoms with Gasteiger partial charge in [-0.05, 0) is 30.6 Å². The quantitative estimate of drug-likeness (QED) is 0.189. The average molecular weight is 563 g/mol. The van der Waals surface area contributed by atoms with E-state index in [1.807, 2.05) is 30.3 Å². The van der Waals surface area contributed by atoms with E-state index in [2.05, 4.69) is 43.8 Å². The first-order valence-electron chi connectivity index (χ1n) is 13.1. The summed E-state index contributed by atoms with van der Waals surface area (Å²) in [5.41, 5.74) is 1.46. The number of rotatable bonds is 15. The SMILES string of the molecule is COCO[C@@H](c1cnco1)c1nc([C@H](C[C@H](O)[C@H](O)[C@@H](C)OCc2ccccc2)O[Si](C)(C)C(C)(C)C)co1. The second-order valence-corrected chi connectivity index (χ2v) is 15.9. The largest absolute Gasteiger partial charge is 0.445 e. The summed E-state index contributed by atoms with van der Waals surface area (Å²) in [6.07, 6.45) is 0.0720. The second-order valence-electron chi connectivity index (χ2n) is 11.1. The Hall–Kier alpha value is -2.38. The molecule has 0 amide bonds. The van der Waals surface area contributed by atoms with Gasteiger partial charge >= 0.3 is 0 Å². The first-order chi connectivity index (χ1) is 18.4. The van der Waals surface area contributed by atoms with Crippen LogP contribution in [0.15, 0.2) is 58.0 Å². The van der Waals surface area contributed by atoms with Crippen LogP contribution in [-0.4, -0.2) is 60.7 Å². The molecule has 3 rings (SSSR count). The standard InChI is InChI=1S/C28H42N2O8Si/c1-19(34-15-20-11-9-8-10-12-20)25(32)22(31)13-23(38-39(6,7)28(2,3)4)21-16-35-27(30-21)26(37-18-33-5)24-14-29-17-36-24/h8-12,14,16-17,19,22-23,25-26,31-32H,13,15,18H2,1-7H3/t19-,22+,23+,25-,26+/m1/s1. The van der Waals surface area contributed by atoms with E-state index >= 15 is 0 Å². The van der Waals surface area contributed by atoms with Crippen LogP contribution in [0.3, 0.4) is 0 Å². The van der Waals surface area contributed by atoms with Crippen molar-refractivity contribution in [2.75, 3.05) is 13.9 Å². The first-order valence-corrected chi connectivity index (χ1v) is 16.0. The van der Waals surface area contributed by atoms with Gasteiger partial charge in [0, 0.05) is 13.5 Å². The number of aliphatic hydroxyl groups is 2. The lowest BCUT2D eigenvalue weighted by molar-refractivity contribution is -0.0969. The molecule has 2 N–H and O–H groups in total. The van der Waals surface area contributed by atoms with Crippen LogP contribution < -0.4 is 0 Å². The highest BCUT2D eigenvalue weighted by atomic mass is 28.4. The molecule has 0 spiro atoms. The van der Waals surface area contributed by atoms with Gasteiger partial charge in [-0.15, -0.1) is 0 Å². The van der Waals surface area contributed by atoms with Gasteiger partial charge in [-0.25, -0.2) is 9.97 Å². The minimum atomic E-state index is -2.32. The Balaban J connectivity index is 1.79. The van der Waals surface area contributed by atoms with Crippen LogP contribution >= 0.6 is 0 Å². The summed E-state index contributed by atoms with van der Waals surface area (Å²) >= 11 is 0. The fraction of sp³-hybridized carbons (Fsp3) is 0.571. The molecule has 0 aliphatic rings. The number of nitrogens with zero attached hydrogens (tertiary/aromatic N) is 2. The third-order valence-corrected chi connectivity index (χ3v) is 11.6. The third kappa shape index (κ3) is 8.55. The lowest BCUT2D eigenvalue weighted by atomic mass is 10.0. The zero-order chi connectivity index (χ0) is 28.6. The summed E-state index contributed by atoms with van der Waals surface area (Å²) in [7, 11) is -0.804. The van der Waals surface area contributed by atoms with Crippen molar-refractivity contribution < 1.29 is 37.7 Å². The Kier molecular flexibility index (Phi) is 11.0. The van der Waals surface area contributed by atoms with E-state index in [9.17, 15) is 10.2 Å². The zero-order valence-electron chi connectivity index (χ0n) is 23.9. The van der Waals surface area contributed by atoms with Crippen LogP contribution in [0.1, 0.15) is 69.2 Å². The second kappa shape index (κ2) is 13.8. The number of aromatic nitrogens is 2. The molecule has 0 saturated carbocycles. The Bertz CT molecular complexity index is 1100. The number of aliphatic hydroxyl groups excluding tert-OH is 2. The predicted molar refractivity (Wildman–Crippen MR) is 146 cm³/mol. The van der Waals surface area contributed by atoms with E-state index in [0.717, 1.165) is 5.56 Å². The third-order valence-electron chi connectivity index (χ3n) is 7.09. The van der Waals surface area contributed by atoms with E-state index in [1.165, 1.54) is 26.0 Å². The van der Waals surface area contributed by atoms with Crippen LogP contribution in [0.4, 0.5) is 0 Å². The molecule has 2 aromatic heterocycles. The monoisotopic (exact) mass is 562 g/mol. The van der Waals surface area contributed by atoms with Crippen molar-refractivity contribution in [1.82, 2.24) is 9.97 Å². The van der Waals surface area contributed by atoms with E-state index in [4.69, 9.17) is 27.5 Å². The highest BCUT2D eigenvalue weighted by molar-refractivity contribution is 6.74. The molecule has 39 heavy (non-hydrogen) atoms. The summed E-state index contributed by atoms with van der Waals surface area (Å²) in [6, 6.07) is 9.68. The summed E-state index contributed by atoms with van der Waals surface area (Å²) in [5, 5.41) is 21.9. The Morgan fingerprint density at radius 2 is 1.77 bits per heavy atom. The van der Waals surface area contributed by atoms with Gasteiger partial charge in [0.25, 0.3) is 0 Å². The summed E-state index contributed by atoms with van der Waals surface area (Å²) in [5.74, 6) is 0.638. The van der Waals surface area contributed by atoms with Crippen molar-refractivity contribution in [1.29, 1.82) is 0 Å². The fourth-order valence-corrected chi connectivity index (χ4v) is 4.95. The molecule has 0 fully saturated rings. The van der Waals surface area contributed by atoms with Crippen LogP contribution in [0.5, 0.6) is 0 Å². The first kappa shape index (κ1) is 31.1. The van der Waals surface area contributed by atoms with Crippen LogP contribution in [0.25, 0.3) is 0 Å². The van der Waals surface area contributed by atoms with Crippen molar-refractivity contribution in [3.63, 3.8) is 0 Å². The minimum Gasteiger partial charge on any atom is -0.445 e. The lowest BCUT2D eigenvalue weighted by Crippen LogP contribution is -2.44. The smallest absolute Gasteiger partial charge is 0.231 e. The van der Waals surface area contributed by atoms with Crippen molar-refractivity contribution >= 4 is 8.32 Å².